The molecule has 0 spiro atoms. The van der Waals surface area contributed by atoms with E-state index in [-0.39, 0.29) is 31.5 Å². The maximum Gasteiger partial charge on any atom is 0.472 e. The van der Waals surface area contributed by atoms with Crippen LogP contribution in [0.2, 0.25) is 0 Å². The van der Waals surface area contributed by atoms with Gasteiger partial charge in [-0.3, -0.25) is 18.6 Å². The minimum Gasteiger partial charge on any atom is -0.456 e. The van der Waals surface area contributed by atoms with E-state index in [0.717, 1.165) is 109 Å². The zero-order chi connectivity index (χ0) is 63.5. The van der Waals surface area contributed by atoms with Gasteiger partial charge in [-0.15, -0.1) is 0 Å². The molecule has 2 N–H and O–H groups in total. The summed E-state index contributed by atoms with van der Waals surface area (Å²) in [6.07, 6.45) is 87.9. The second-order valence-electron chi connectivity index (χ2n) is 26.4. The predicted molar refractivity (Wildman–Crippen MR) is 378 cm³/mol. The van der Waals surface area contributed by atoms with Gasteiger partial charge in [-0.05, 0) is 76.7 Å². The summed E-state index contributed by atoms with van der Waals surface area (Å²) in [5, 5.41) is 3.07. The van der Waals surface area contributed by atoms with Gasteiger partial charge in [0.15, 0.2) is 0 Å². The number of quaternary nitrogens is 1. The van der Waals surface area contributed by atoms with Crippen molar-refractivity contribution in [1.82, 2.24) is 5.32 Å². The number of ether oxygens (including phenoxy) is 1. The van der Waals surface area contributed by atoms with Gasteiger partial charge < -0.3 is 19.4 Å². The number of rotatable bonds is 68. The second kappa shape index (κ2) is 66.4. The van der Waals surface area contributed by atoms with Crippen LogP contribution in [-0.2, 0) is 27.9 Å². The van der Waals surface area contributed by atoms with Crippen LogP contribution in [0.1, 0.15) is 355 Å². The first-order valence-electron chi connectivity index (χ1n) is 37.3. The minimum absolute atomic E-state index is 0.0353. The fourth-order valence-corrected chi connectivity index (χ4v) is 11.7. The molecule has 0 bridgehead atoms. The molecule has 0 rings (SSSR count). The maximum atomic E-state index is 13.6. The van der Waals surface area contributed by atoms with E-state index in [1.165, 1.54) is 212 Å². The van der Waals surface area contributed by atoms with E-state index < -0.39 is 20.0 Å². The van der Waals surface area contributed by atoms with Gasteiger partial charge in [0.05, 0.1) is 33.8 Å². The van der Waals surface area contributed by atoms with Crippen LogP contribution >= 0.6 is 7.82 Å². The lowest BCUT2D eigenvalue weighted by atomic mass is 10.0. The normalized spacial score (nSPS) is 13.9. The molecule has 0 radical (unpaired) electrons. The Kier molecular flexibility index (Phi) is 64.4. The zero-order valence-corrected chi connectivity index (χ0v) is 59.2. The largest absolute Gasteiger partial charge is 0.472 e. The van der Waals surface area contributed by atoms with Gasteiger partial charge >= 0.3 is 13.8 Å². The van der Waals surface area contributed by atoms with E-state index in [0.29, 0.717) is 17.4 Å². The first-order chi connectivity index (χ1) is 42.4. The summed E-state index contributed by atoms with van der Waals surface area (Å²) < 4.78 is 30.9. The predicted octanol–water partition coefficient (Wildman–Crippen LogP) is 23.9. The average molecular weight is 1240 g/mol. The van der Waals surface area contributed by atoms with Crippen molar-refractivity contribution >= 4 is 19.7 Å². The molecule has 0 aliphatic rings. The van der Waals surface area contributed by atoms with Crippen LogP contribution < -0.4 is 5.32 Å². The van der Waals surface area contributed by atoms with E-state index >= 15 is 0 Å². The highest BCUT2D eigenvalue weighted by atomic mass is 31.2. The summed E-state index contributed by atoms with van der Waals surface area (Å²) >= 11 is 0. The first-order valence-corrected chi connectivity index (χ1v) is 38.8. The van der Waals surface area contributed by atoms with Crippen molar-refractivity contribution in [1.29, 1.82) is 0 Å². The topological polar surface area (TPSA) is 111 Å². The lowest BCUT2D eigenvalue weighted by Crippen LogP contribution is -2.47. The highest BCUT2D eigenvalue weighted by molar-refractivity contribution is 7.47. The molecule has 10 heteroatoms. The van der Waals surface area contributed by atoms with Crippen molar-refractivity contribution < 1.29 is 37.3 Å². The highest BCUT2D eigenvalue weighted by Gasteiger charge is 2.30. The van der Waals surface area contributed by atoms with Crippen LogP contribution in [-0.4, -0.2) is 74.3 Å². The SMILES string of the molecule is CC/C=C\C/C=C\C/C=C\C/C=C\C/C=C\CCCCCCCC(=O)NC(COP(=O)(O)OCC[N+](C)(C)C)C(/C=C\CCCCCCCCCCCCC)OC(=O)CCCCCCCCCCCCCCCCCCCCCCCCCCCCC. The van der Waals surface area contributed by atoms with E-state index in [9.17, 15) is 19.0 Å². The monoisotopic (exact) mass is 1240 g/mol. The summed E-state index contributed by atoms with van der Waals surface area (Å²) in [7, 11) is 1.49. The summed E-state index contributed by atoms with van der Waals surface area (Å²) in [5.74, 6) is -0.513. The van der Waals surface area contributed by atoms with Crippen molar-refractivity contribution in [3.05, 3.63) is 72.9 Å². The summed E-state index contributed by atoms with van der Waals surface area (Å²) in [6.45, 7) is 6.93. The smallest absolute Gasteiger partial charge is 0.456 e. The number of hydrogen-bond donors (Lipinski definition) is 2. The lowest BCUT2D eigenvalue weighted by molar-refractivity contribution is -0.870. The number of carbonyl (C=O) groups excluding carboxylic acids is 2. The molecule has 1 amide bonds. The van der Waals surface area contributed by atoms with E-state index in [1.54, 1.807) is 0 Å². The average Bonchev–Trinajstić information content (AvgIpc) is 3.69. The van der Waals surface area contributed by atoms with Crippen LogP contribution in [0.15, 0.2) is 72.9 Å². The Bertz CT molecular complexity index is 1720. The molecule has 0 aromatic rings. The number of hydrogen-bond acceptors (Lipinski definition) is 6. The lowest BCUT2D eigenvalue weighted by Gasteiger charge is -2.27. The maximum absolute atomic E-state index is 13.6. The Hall–Kier alpha value is -2.55. The summed E-state index contributed by atoms with van der Waals surface area (Å²) in [4.78, 5) is 38.0. The third-order valence-corrected chi connectivity index (χ3v) is 17.6. The third kappa shape index (κ3) is 67.7. The number of allylic oxidation sites excluding steroid dienone is 11. The fraction of sp³-hybridized carbons (Fsp3) is 0.818. The summed E-state index contributed by atoms with van der Waals surface area (Å²) in [5.41, 5.74) is 0. The van der Waals surface area contributed by atoms with Crippen LogP contribution in [0.25, 0.3) is 0 Å². The molecule has 0 heterocycles. The Morgan fingerprint density at radius 1 is 0.414 bits per heavy atom. The summed E-state index contributed by atoms with van der Waals surface area (Å²) in [6, 6.07) is -0.861. The molecule has 0 saturated heterocycles. The van der Waals surface area contributed by atoms with Gasteiger partial charge in [0.1, 0.15) is 19.3 Å². The fourth-order valence-electron chi connectivity index (χ4n) is 11.0. The van der Waals surface area contributed by atoms with Gasteiger partial charge in [-0.2, -0.15) is 0 Å². The van der Waals surface area contributed by atoms with Gasteiger partial charge in [0.2, 0.25) is 5.91 Å². The second-order valence-corrected chi connectivity index (χ2v) is 27.9. The van der Waals surface area contributed by atoms with Crippen LogP contribution in [0.5, 0.6) is 0 Å². The molecule has 0 aromatic heterocycles. The molecule has 0 saturated carbocycles. The quantitative estimate of drug-likeness (QED) is 0.0205. The molecule has 508 valence electrons. The number of esters is 1. The van der Waals surface area contributed by atoms with Crippen LogP contribution in [0.3, 0.4) is 0 Å². The zero-order valence-electron chi connectivity index (χ0n) is 58.3. The molecule has 3 atom stereocenters. The van der Waals surface area contributed by atoms with Gasteiger partial charge in [-0.25, -0.2) is 4.57 Å². The molecular weight excluding hydrogens is 1100 g/mol. The molecule has 0 aliphatic carbocycles. The Labute approximate surface area is 540 Å². The highest BCUT2D eigenvalue weighted by Crippen LogP contribution is 2.43. The number of amides is 1. The number of carbonyl (C=O) groups is 2. The molecule has 87 heavy (non-hydrogen) atoms. The van der Waals surface area contributed by atoms with Crippen molar-refractivity contribution in [2.24, 2.45) is 0 Å². The molecule has 0 fully saturated rings. The minimum atomic E-state index is -4.46. The van der Waals surface area contributed by atoms with Crippen molar-refractivity contribution in [2.75, 3.05) is 40.9 Å². The van der Waals surface area contributed by atoms with Crippen molar-refractivity contribution in [3.8, 4) is 0 Å². The third-order valence-electron chi connectivity index (χ3n) is 16.7. The van der Waals surface area contributed by atoms with Gasteiger partial charge in [0, 0.05) is 12.8 Å². The van der Waals surface area contributed by atoms with Crippen molar-refractivity contribution in [2.45, 2.75) is 367 Å². The van der Waals surface area contributed by atoms with Crippen LogP contribution in [0, 0.1) is 0 Å². The molecule has 0 aromatic carbocycles. The van der Waals surface area contributed by atoms with Crippen molar-refractivity contribution in [3.63, 3.8) is 0 Å². The Morgan fingerprint density at radius 3 is 1.10 bits per heavy atom. The molecule has 9 nitrogen and oxygen atoms in total. The number of phosphoric ester groups is 1. The molecular formula is C77H144N2O7P+. The number of nitrogens with one attached hydrogen (secondary N) is 1. The standard InChI is InChI=1S/C77H143N2O7P/c1-7-10-13-16-19-22-25-28-30-32-34-36-37-38-39-40-41-43-45-47-49-52-55-58-61-64-67-70-77(81)86-75(68-65-62-59-56-53-50-27-24-21-18-15-12-9-3)74(73-85-87(82,83)84-72-71-79(4,5)6)78-76(80)69-66-63-60-57-54-51-48-46-44-42-35-33-31-29-26-23-20-17-14-11-8-2/h11,14,20,23,29,31,35,42,46,48,65,68,74-75H,7-10,12-13,15-19,21-22,24-28,30,32-34,36-41,43-45,47,49-64,66-67,69-73H2,1-6H3,(H-,78,80,82,83)/p+1/b14-11-,23-20-,31-29-,42-35-,48-46-,68-65-. The molecule has 3 unspecified atom stereocenters. The Balaban J connectivity index is 5.04. The number of phosphoric acid groups is 1. The van der Waals surface area contributed by atoms with Gasteiger partial charge in [-0.1, -0.05) is 338 Å². The number of nitrogens with zero attached hydrogens (tertiary/aromatic N) is 1. The number of unbranched alkanes of at least 4 members (excludes halogenated alkanes) is 42. The molecule has 0 aliphatic heterocycles. The van der Waals surface area contributed by atoms with Crippen LogP contribution in [0.4, 0.5) is 0 Å². The van der Waals surface area contributed by atoms with E-state index in [1.807, 2.05) is 33.3 Å². The number of likely N-dealkylation sites (N-methyl/N-ethyl adjacent to an activating group) is 1. The van der Waals surface area contributed by atoms with Gasteiger partial charge in [0.25, 0.3) is 0 Å². The van der Waals surface area contributed by atoms with E-state index in [4.69, 9.17) is 13.8 Å². The first kappa shape index (κ1) is 84.5. The van der Waals surface area contributed by atoms with E-state index in [2.05, 4.69) is 86.8 Å². The Morgan fingerprint density at radius 2 is 0.736 bits per heavy atom.